The zero-order valence-corrected chi connectivity index (χ0v) is 10.5. The van der Waals surface area contributed by atoms with E-state index in [0.717, 1.165) is 11.5 Å². The van der Waals surface area contributed by atoms with Crippen molar-refractivity contribution in [2.45, 2.75) is 32.7 Å². The SMILES string of the molecule is CC1CCC(C)N(c2ccc(C(=O)O)s2)C1. The Balaban J connectivity index is 2.18. The molecule has 1 saturated heterocycles. The van der Waals surface area contributed by atoms with E-state index in [-0.39, 0.29) is 0 Å². The molecule has 16 heavy (non-hydrogen) atoms. The zero-order valence-electron chi connectivity index (χ0n) is 9.64. The van der Waals surface area contributed by atoms with Crippen molar-refractivity contribution in [3.8, 4) is 0 Å². The fourth-order valence-corrected chi connectivity index (χ4v) is 3.15. The number of thiophene rings is 1. The molecule has 1 fully saturated rings. The minimum absolute atomic E-state index is 0.431. The Kier molecular flexibility index (Phi) is 3.19. The van der Waals surface area contributed by atoms with E-state index in [9.17, 15) is 4.79 Å². The summed E-state index contributed by atoms with van der Waals surface area (Å²) in [5.74, 6) is -0.125. The van der Waals surface area contributed by atoms with E-state index < -0.39 is 5.97 Å². The van der Waals surface area contributed by atoms with E-state index >= 15 is 0 Å². The molecule has 3 nitrogen and oxygen atoms in total. The molecule has 0 spiro atoms. The first-order chi connectivity index (χ1) is 7.58. The average molecular weight is 239 g/mol. The van der Waals surface area contributed by atoms with Crippen molar-refractivity contribution in [3.05, 3.63) is 17.0 Å². The first-order valence-electron chi connectivity index (χ1n) is 5.67. The van der Waals surface area contributed by atoms with Crippen LogP contribution in [0, 0.1) is 5.92 Å². The van der Waals surface area contributed by atoms with Crippen molar-refractivity contribution in [2.24, 2.45) is 5.92 Å². The first-order valence-corrected chi connectivity index (χ1v) is 6.49. The molecule has 1 aromatic rings. The molecule has 0 bridgehead atoms. The van der Waals surface area contributed by atoms with Crippen LogP contribution in [-0.2, 0) is 0 Å². The highest BCUT2D eigenvalue weighted by atomic mass is 32.1. The van der Waals surface area contributed by atoms with Crippen LogP contribution in [0.3, 0.4) is 0 Å². The van der Waals surface area contributed by atoms with E-state index in [1.54, 1.807) is 6.07 Å². The van der Waals surface area contributed by atoms with Crippen LogP contribution in [-0.4, -0.2) is 23.7 Å². The highest BCUT2D eigenvalue weighted by Crippen LogP contribution is 2.32. The van der Waals surface area contributed by atoms with Gasteiger partial charge >= 0.3 is 5.97 Å². The summed E-state index contributed by atoms with van der Waals surface area (Å²) >= 11 is 1.38. The van der Waals surface area contributed by atoms with Crippen molar-refractivity contribution >= 4 is 22.3 Å². The molecule has 2 atom stereocenters. The Morgan fingerprint density at radius 2 is 2.19 bits per heavy atom. The second-order valence-corrected chi connectivity index (χ2v) is 5.69. The maximum atomic E-state index is 10.8. The van der Waals surface area contributed by atoms with Gasteiger partial charge in [0.25, 0.3) is 0 Å². The van der Waals surface area contributed by atoms with Crippen LogP contribution >= 0.6 is 11.3 Å². The topological polar surface area (TPSA) is 40.5 Å². The number of anilines is 1. The molecular formula is C12H17NO2S. The Morgan fingerprint density at radius 1 is 1.44 bits per heavy atom. The lowest BCUT2D eigenvalue weighted by atomic mass is 9.95. The molecular weight excluding hydrogens is 222 g/mol. The maximum Gasteiger partial charge on any atom is 0.345 e. The average Bonchev–Trinajstić information content (AvgIpc) is 2.70. The molecule has 0 radical (unpaired) electrons. The third kappa shape index (κ3) is 2.21. The summed E-state index contributed by atoms with van der Waals surface area (Å²) in [6, 6.07) is 4.16. The van der Waals surface area contributed by atoms with Gasteiger partial charge in [-0.25, -0.2) is 4.79 Å². The van der Waals surface area contributed by atoms with Crippen LogP contribution in [0.1, 0.15) is 36.4 Å². The number of carboxylic acids is 1. The van der Waals surface area contributed by atoms with Crippen molar-refractivity contribution in [3.63, 3.8) is 0 Å². The van der Waals surface area contributed by atoms with Gasteiger partial charge in [0.2, 0.25) is 0 Å². The quantitative estimate of drug-likeness (QED) is 0.862. The Hall–Kier alpha value is -1.03. The van der Waals surface area contributed by atoms with E-state index in [2.05, 4.69) is 18.7 Å². The summed E-state index contributed by atoms with van der Waals surface area (Å²) in [7, 11) is 0. The number of hydrogen-bond acceptors (Lipinski definition) is 3. The number of carboxylic acid groups (broad SMARTS) is 1. The molecule has 1 N–H and O–H groups in total. The lowest BCUT2D eigenvalue weighted by Crippen LogP contribution is -2.40. The summed E-state index contributed by atoms with van der Waals surface area (Å²) in [4.78, 5) is 13.6. The number of rotatable bonds is 2. The van der Waals surface area contributed by atoms with Gasteiger partial charge in [-0.3, -0.25) is 0 Å². The third-order valence-corrected chi connectivity index (χ3v) is 4.31. The van der Waals surface area contributed by atoms with Crippen molar-refractivity contribution in [1.29, 1.82) is 0 Å². The number of nitrogens with zero attached hydrogens (tertiary/aromatic N) is 1. The molecule has 2 unspecified atom stereocenters. The largest absolute Gasteiger partial charge is 0.477 e. The second-order valence-electron chi connectivity index (χ2n) is 4.63. The van der Waals surface area contributed by atoms with Crippen LogP contribution < -0.4 is 4.90 Å². The summed E-state index contributed by atoms with van der Waals surface area (Å²) in [5, 5.41) is 10.0. The van der Waals surface area contributed by atoms with Crippen molar-refractivity contribution in [1.82, 2.24) is 0 Å². The zero-order chi connectivity index (χ0) is 11.7. The molecule has 1 aromatic heterocycles. The minimum Gasteiger partial charge on any atom is -0.477 e. The number of aromatic carboxylic acids is 1. The second kappa shape index (κ2) is 4.45. The van der Waals surface area contributed by atoms with Crippen LogP contribution in [0.25, 0.3) is 0 Å². The van der Waals surface area contributed by atoms with Gasteiger partial charge in [0.05, 0.1) is 5.00 Å². The smallest absolute Gasteiger partial charge is 0.345 e. The normalized spacial score (nSPS) is 25.8. The van der Waals surface area contributed by atoms with Crippen LogP contribution in [0.15, 0.2) is 12.1 Å². The molecule has 1 aliphatic heterocycles. The highest BCUT2D eigenvalue weighted by molar-refractivity contribution is 7.17. The van der Waals surface area contributed by atoms with Gasteiger partial charge in [-0.15, -0.1) is 11.3 Å². The van der Waals surface area contributed by atoms with Gasteiger partial charge in [-0.1, -0.05) is 6.92 Å². The molecule has 88 valence electrons. The molecule has 0 aromatic carbocycles. The fraction of sp³-hybridized carbons (Fsp3) is 0.583. The Morgan fingerprint density at radius 3 is 2.81 bits per heavy atom. The molecule has 2 heterocycles. The fourth-order valence-electron chi connectivity index (χ4n) is 2.19. The molecule has 0 amide bonds. The lowest BCUT2D eigenvalue weighted by Gasteiger charge is -2.37. The summed E-state index contributed by atoms with van der Waals surface area (Å²) in [6.45, 7) is 5.51. The van der Waals surface area contributed by atoms with Crippen molar-refractivity contribution in [2.75, 3.05) is 11.4 Å². The monoisotopic (exact) mass is 239 g/mol. The Labute approximate surface area is 99.7 Å². The van der Waals surface area contributed by atoms with Gasteiger partial charge in [0, 0.05) is 12.6 Å². The molecule has 0 aliphatic carbocycles. The van der Waals surface area contributed by atoms with E-state index in [0.29, 0.717) is 16.8 Å². The molecule has 1 aliphatic rings. The number of carbonyl (C=O) groups is 1. The van der Waals surface area contributed by atoms with E-state index in [4.69, 9.17) is 5.11 Å². The predicted octanol–water partition coefficient (Wildman–Crippen LogP) is 3.07. The summed E-state index contributed by atoms with van der Waals surface area (Å²) in [5.41, 5.74) is 0. The van der Waals surface area contributed by atoms with E-state index in [1.165, 1.54) is 24.2 Å². The van der Waals surface area contributed by atoms with Gasteiger partial charge < -0.3 is 10.0 Å². The number of piperidine rings is 1. The maximum absolute atomic E-state index is 10.8. The standard InChI is InChI=1S/C12H17NO2S/c1-8-3-4-9(2)13(7-8)11-6-5-10(16-11)12(14)15/h5-6,8-9H,3-4,7H2,1-2H3,(H,14,15). The van der Waals surface area contributed by atoms with Crippen LogP contribution in [0.4, 0.5) is 5.00 Å². The molecule has 0 saturated carbocycles. The van der Waals surface area contributed by atoms with Gasteiger partial charge in [0.15, 0.2) is 0 Å². The number of hydrogen-bond donors (Lipinski definition) is 1. The third-order valence-electron chi connectivity index (χ3n) is 3.20. The molecule has 2 rings (SSSR count). The van der Waals surface area contributed by atoms with E-state index in [1.807, 2.05) is 6.07 Å². The van der Waals surface area contributed by atoms with Gasteiger partial charge in [-0.2, -0.15) is 0 Å². The van der Waals surface area contributed by atoms with Gasteiger partial charge in [-0.05, 0) is 37.8 Å². The predicted molar refractivity (Wildman–Crippen MR) is 66.5 cm³/mol. The Bertz CT molecular complexity index is 388. The summed E-state index contributed by atoms with van der Waals surface area (Å²) < 4.78 is 0. The highest BCUT2D eigenvalue weighted by Gasteiger charge is 2.24. The minimum atomic E-state index is -0.825. The van der Waals surface area contributed by atoms with Crippen LogP contribution in [0.5, 0.6) is 0 Å². The first kappa shape index (κ1) is 11.5. The summed E-state index contributed by atoms with van der Waals surface area (Å²) in [6.07, 6.45) is 2.47. The molecule has 4 heteroatoms. The lowest BCUT2D eigenvalue weighted by molar-refractivity contribution is 0.0702. The van der Waals surface area contributed by atoms with Crippen molar-refractivity contribution < 1.29 is 9.90 Å². The van der Waals surface area contributed by atoms with Gasteiger partial charge in [0.1, 0.15) is 4.88 Å². The van der Waals surface area contributed by atoms with Crippen LogP contribution in [0.2, 0.25) is 0 Å².